The minimum absolute atomic E-state index is 0.00129. The van der Waals surface area contributed by atoms with Crippen molar-refractivity contribution >= 4 is 50.6 Å². The lowest BCUT2D eigenvalue weighted by Crippen LogP contribution is -2.48. The lowest BCUT2D eigenvalue weighted by Gasteiger charge is -2.31. The molecular formula is C22H26Cl2N6O4S. The van der Waals surface area contributed by atoms with Crippen LogP contribution in [0.15, 0.2) is 35.4 Å². The molecule has 1 aliphatic heterocycles. The maximum absolute atomic E-state index is 13.2. The minimum atomic E-state index is -4.18. The topological polar surface area (TPSA) is 164 Å². The van der Waals surface area contributed by atoms with Crippen LogP contribution in [0.2, 0.25) is 10.0 Å². The maximum Gasteiger partial charge on any atom is 0.241 e. The van der Waals surface area contributed by atoms with Gasteiger partial charge < -0.3 is 16.0 Å². The number of hydrogen-bond donors (Lipinski definition) is 3. The molecule has 1 aromatic carbocycles. The molecule has 188 valence electrons. The van der Waals surface area contributed by atoms with Crippen LogP contribution in [0.1, 0.15) is 25.0 Å². The molecule has 3 rings (SSSR count). The van der Waals surface area contributed by atoms with Crippen LogP contribution >= 0.6 is 23.2 Å². The first-order valence-corrected chi connectivity index (χ1v) is 13.1. The number of primary amides is 1. The smallest absolute Gasteiger partial charge is 0.241 e. The van der Waals surface area contributed by atoms with E-state index in [2.05, 4.69) is 10.8 Å². The predicted molar refractivity (Wildman–Crippen MR) is 132 cm³/mol. The fourth-order valence-electron chi connectivity index (χ4n) is 3.94. The van der Waals surface area contributed by atoms with Gasteiger partial charge in [0.05, 0.1) is 33.2 Å². The van der Waals surface area contributed by atoms with Crippen LogP contribution in [-0.4, -0.2) is 55.3 Å². The molecule has 2 aromatic rings. The van der Waals surface area contributed by atoms with Crippen molar-refractivity contribution in [3.63, 3.8) is 0 Å². The Balaban J connectivity index is 1.78. The van der Waals surface area contributed by atoms with Gasteiger partial charge in [0.25, 0.3) is 0 Å². The van der Waals surface area contributed by atoms with Gasteiger partial charge in [0.15, 0.2) is 5.78 Å². The second-order valence-electron chi connectivity index (χ2n) is 8.38. The van der Waals surface area contributed by atoms with Crippen LogP contribution in [0.3, 0.4) is 0 Å². The van der Waals surface area contributed by atoms with Gasteiger partial charge in [0, 0.05) is 18.7 Å². The summed E-state index contributed by atoms with van der Waals surface area (Å²) in [6, 6.07) is 6.62. The Morgan fingerprint density at radius 3 is 2.43 bits per heavy atom. The number of ketones is 1. The molecule has 35 heavy (non-hydrogen) atoms. The van der Waals surface area contributed by atoms with Crippen LogP contribution in [-0.2, 0) is 26.2 Å². The molecule has 0 spiro atoms. The number of nitrogens with two attached hydrogens (primary N) is 2. The summed E-state index contributed by atoms with van der Waals surface area (Å²) in [5.74, 6) is -0.930. The lowest BCUT2D eigenvalue weighted by molar-refractivity contribution is -0.124. The minimum Gasteiger partial charge on any atom is -0.396 e. The Morgan fingerprint density at radius 1 is 1.23 bits per heavy atom. The van der Waals surface area contributed by atoms with E-state index in [1.807, 2.05) is 4.90 Å². The highest BCUT2D eigenvalue weighted by atomic mass is 35.5. The second kappa shape index (κ2) is 11.4. The molecule has 1 atom stereocenters. The average Bonchev–Trinajstić information content (AvgIpc) is 3.27. The van der Waals surface area contributed by atoms with Crippen molar-refractivity contribution in [2.45, 2.75) is 36.7 Å². The summed E-state index contributed by atoms with van der Waals surface area (Å²) in [7, 11) is -4.18. The third kappa shape index (κ3) is 6.74. The van der Waals surface area contributed by atoms with Gasteiger partial charge in [0.2, 0.25) is 15.9 Å². The first kappa shape index (κ1) is 27.0. The van der Waals surface area contributed by atoms with E-state index in [1.54, 1.807) is 22.9 Å². The van der Waals surface area contributed by atoms with Crippen molar-refractivity contribution < 1.29 is 18.0 Å². The summed E-state index contributed by atoms with van der Waals surface area (Å²) >= 11 is 12.0. The first-order valence-electron chi connectivity index (χ1n) is 10.9. The number of anilines is 1. The van der Waals surface area contributed by atoms with E-state index in [9.17, 15) is 23.3 Å². The second-order valence-corrected chi connectivity index (χ2v) is 10.9. The number of sulfonamides is 1. The van der Waals surface area contributed by atoms with E-state index in [4.69, 9.17) is 34.7 Å². The summed E-state index contributed by atoms with van der Waals surface area (Å²) < 4.78 is 30.3. The number of nitrogen functional groups attached to an aromatic ring is 1. The Morgan fingerprint density at radius 2 is 1.86 bits per heavy atom. The SMILES string of the molecule is N#Cc1cccn1CCC(NS(=O)(=O)c1cc(Cl)c(N)c(Cl)c1)C(=O)CN1CCC(C(N)=O)CC1. The number of Topliss-reactive ketones (excluding diaryl/α,β-unsaturated/α-hetero) is 1. The van der Waals surface area contributed by atoms with Gasteiger partial charge in [-0.05, 0) is 56.6 Å². The number of carbonyl (C=O) groups is 2. The number of aromatic nitrogens is 1. The van der Waals surface area contributed by atoms with Crippen molar-refractivity contribution in [2.24, 2.45) is 11.7 Å². The molecule has 2 heterocycles. The van der Waals surface area contributed by atoms with E-state index in [0.717, 1.165) is 0 Å². The number of hydrogen-bond acceptors (Lipinski definition) is 7. The largest absolute Gasteiger partial charge is 0.396 e. The van der Waals surface area contributed by atoms with Gasteiger partial charge in [-0.15, -0.1) is 0 Å². The molecular weight excluding hydrogens is 515 g/mol. The zero-order valence-corrected chi connectivity index (χ0v) is 21.1. The number of likely N-dealkylation sites (tertiary alicyclic amines) is 1. The molecule has 0 radical (unpaired) electrons. The highest BCUT2D eigenvalue weighted by Gasteiger charge is 2.30. The third-order valence-corrected chi connectivity index (χ3v) is 8.10. The van der Waals surface area contributed by atoms with Crippen LogP contribution in [0, 0.1) is 17.2 Å². The van der Waals surface area contributed by atoms with Crippen molar-refractivity contribution in [3.8, 4) is 6.07 Å². The lowest BCUT2D eigenvalue weighted by atomic mass is 9.96. The summed E-state index contributed by atoms with van der Waals surface area (Å²) in [5.41, 5.74) is 11.5. The highest BCUT2D eigenvalue weighted by Crippen LogP contribution is 2.31. The highest BCUT2D eigenvalue weighted by molar-refractivity contribution is 7.89. The molecule has 0 saturated carbocycles. The van der Waals surface area contributed by atoms with Crippen LogP contribution in [0.5, 0.6) is 0 Å². The molecule has 1 unspecified atom stereocenters. The van der Waals surface area contributed by atoms with Gasteiger partial charge in [0.1, 0.15) is 11.8 Å². The molecule has 1 aliphatic rings. The van der Waals surface area contributed by atoms with Crippen molar-refractivity contribution in [2.75, 3.05) is 25.4 Å². The Bertz CT molecular complexity index is 1230. The van der Waals surface area contributed by atoms with Crippen molar-refractivity contribution in [1.29, 1.82) is 5.26 Å². The molecule has 1 saturated heterocycles. The number of nitrogens with one attached hydrogen (secondary N) is 1. The quantitative estimate of drug-likeness (QED) is 0.386. The van der Waals surface area contributed by atoms with E-state index in [0.29, 0.717) is 31.6 Å². The van der Waals surface area contributed by atoms with E-state index < -0.39 is 16.1 Å². The van der Waals surface area contributed by atoms with Gasteiger partial charge in [-0.1, -0.05) is 23.2 Å². The average molecular weight is 541 g/mol. The van der Waals surface area contributed by atoms with Crippen molar-refractivity contribution in [3.05, 3.63) is 46.2 Å². The fraction of sp³-hybridized carbons (Fsp3) is 0.409. The number of carbonyl (C=O) groups excluding carboxylic acids is 2. The molecule has 10 nitrogen and oxygen atoms in total. The van der Waals surface area contributed by atoms with Gasteiger partial charge in [-0.2, -0.15) is 5.26 Å². The summed E-state index contributed by atoms with van der Waals surface area (Å²) in [6.45, 7) is 1.23. The molecule has 0 aliphatic carbocycles. The number of rotatable bonds is 10. The summed E-state index contributed by atoms with van der Waals surface area (Å²) in [4.78, 5) is 26.3. The van der Waals surface area contributed by atoms with Crippen LogP contribution in [0.4, 0.5) is 5.69 Å². The predicted octanol–water partition coefficient (Wildman–Crippen LogP) is 1.75. The molecule has 1 aromatic heterocycles. The van der Waals surface area contributed by atoms with E-state index in [1.165, 1.54) is 12.1 Å². The van der Waals surface area contributed by atoms with E-state index in [-0.39, 0.29) is 57.7 Å². The number of amides is 1. The molecule has 13 heteroatoms. The third-order valence-electron chi connectivity index (χ3n) is 6.02. The zero-order valence-electron chi connectivity index (χ0n) is 18.8. The zero-order chi connectivity index (χ0) is 25.8. The Hall–Kier alpha value is -2.62. The first-order chi connectivity index (χ1) is 16.5. The number of halogens is 2. The van der Waals surface area contributed by atoms with Gasteiger partial charge in [-0.25, -0.2) is 13.1 Å². The molecule has 1 fully saturated rings. The van der Waals surface area contributed by atoms with Crippen molar-refractivity contribution in [1.82, 2.24) is 14.2 Å². The van der Waals surface area contributed by atoms with Crippen LogP contribution < -0.4 is 16.2 Å². The standard InChI is InChI=1S/C22H26Cl2N6O4S/c23-17-10-16(11-18(24)21(17)26)35(33,34)28-19(5-9-30-6-1-2-15(30)12-25)20(31)13-29-7-3-14(4-8-29)22(27)32/h1-2,6,10-11,14,19,28H,3-5,7-9,13,26H2,(H2,27,32). The Labute approximate surface area is 213 Å². The fourth-order valence-corrected chi connectivity index (χ4v) is 5.86. The number of benzene rings is 1. The van der Waals surface area contributed by atoms with Crippen LogP contribution in [0.25, 0.3) is 0 Å². The van der Waals surface area contributed by atoms with Gasteiger partial charge >= 0.3 is 0 Å². The monoisotopic (exact) mass is 540 g/mol. The molecule has 1 amide bonds. The maximum atomic E-state index is 13.2. The molecule has 0 bridgehead atoms. The number of nitrogens with zero attached hydrogens (tertiary/aromatic N) is 3. The van der Waals surface area contributed by atoms with Gasteiger partial charge in [-0.3, -0.25) is 14.5 Å². The van der Waals surface area contributed by atoms with E-state index >= 15 is 0 Å². The normalized spacial score (nSPS) is 16.0. The molecule has 5 N–H and O–H groups in total. The number of piperidine rings is 1. The number of aryl methyl sites for hydroxylation is 1. The summed E-state index contributed by atoms with van der Waals surface area (Å²) in [6.07, 6.45) is 2.87. The summed E-state index contributed by atoms with van der Waals surface area (Å²) in [5, 5.41) is 9.20. The Kier molecular flexibility index (Phi) is 8.79. The number of nitriles is 1.